The minimum atomic E-state index is -0.173. The van der Waals surface area contributed by atoms with Gasteiger partial charge in [0.25, 0.3) is 0 Å². The Morgan fingerprint density at radius 1 is 1.25 bits per heavy atom. The number of morpholine rings is 1. The van der Waals surface area contributed by atoms with Gasteiger partial charge in [0.05, 0.1) is 11.2 Å². The molecule has 0 bridgehead atoms. The summed E-state index contributed by atoms with van der Waals surface area (Å²) >= 11 is 0. The molecule has 1 saturated heterocycles. The van der Waals surface area contributed by atoms with Crippen molar-refractivity contribution in [2.45, 2.75) is 52.2 Å². The SMILES string of the molecule is CCCN=C(N)N1CC(C)(C)OC(C)(C)C1. The van der Waals surface area contributed by atoms with Crippen molar-refractivity contribution in [3.63, 3.8) is 0 Å². The van der Waals surface area contributed by atoms with Crippen molar-refractivity contribution in [2.24, 2.45) is 10.7 Å². The second kappa shape index (κ2) is 4.62. The van der Waals surface area contributed by atoms with Gasteiger partial charge in [-0.15, -0.1) is 0 Å². The van der Waals surface area contributed by atoms with Gasteiger partial charge in [0.15, 0.2) is 5.96 Å². The highest BCUT2D eigenvalue weighted by Gasteiger charge is 2.38. The first-order valence-corrected chi connectivity index (χ1v) is 6.01. The first-order valence-electron chi connectivity index (χ1n) is 6.01. The Kier molecular flexibility index (Phi) is 3.84. The van der Waals surface area contributed by atoms with Crippen LogP contribution in [0, 0.1) is 0 Å². The van der Waals surface area contributed by atoms with Crippen LogP contribution in [0.4, 0.5) is 0 Å². The highest BCUT2D eigenvalue weighted by atomic mass is 16.5. The van der Waals surface area contributed by atoms with Gasteiger partial charge < -0.3 is 15.4 Å². The van der Waals surface area contributed by atoms with Gasteiger partial charge in [0.1, 0.15) is 0 Å². The molecule has 0 radical (unpaired) electrons. The molecule has 0 amide bonds. The Labute approximate surface area is 98.9 Å². The van der Waals surface area contributed by atoms with Gasteiger partial charge in [-0.2, -0.15) is 0 Å². The molecule has 16 heavy (non-hydrogen) atoms. The molecule has 0 aromatic rings. The fourth-order valence-electron chi connectivity index (χ4n) is 2.28. The van der Waals surface area contributed by atoms with Gasteiger partial charge in [0.2, 0.25) is 0 Å². The van der Waals surface area contributed by atoms with Crippen LogP contribution in [0.15, 0.2) is 4.99 Å². The molecule has 4 nitrogen and oxygen atoms in total. The van der Waals surface area contributed by atoms with E-state index >= 15 is 0 Å². The Bertz CT molecular complexity index is 255. The van der Waals surface area contributed by atoms with E-state index in [0.29, 0.717) is 5.96 Å². The molecule has 2 N–H and O–H groups in total. The average molecular weight is 227 g/mol. The first kappa shape index (κ1) is 13.3. The summed E-state index contributed by atoms with van der Waals surface area (Å²) in [5, 5.41) is 0. The second-order valence-corrected chi connectivity index (χ2v) is 5.72. The van der Waals surface area contributed by atoms with Crippen molar-refractivity contribution in [1.29, 1.82) is 0 Å². The lowest BCUT2D eigenvalue weighted by molar-refractivity contribution is -0.167. The Morgan fingerprint density at radius 3 is 2.19 bits per heavy atom. The van der Waals surface area contributed by atoms with Crippen molar-refractivity contribution in [1.82, 2.24) is 4.90 Å². The van der Waals surface area contributed by atoms with Crippen molar-refractivity contribution >= 4 is 5.96 Å². The zero-order valence-corrected chi connectivity index (χ0v) is 11.2. The lowest BCUT2D eigenvalue weighted by atomic mass is 9.99. The molecule has 4 heteroatoms. The Balaban J connectivity index is 2.74. The van der Waals surface area contributed by atoms with Gasteiger partial charge >= 0.3 is 0 Å². The van der Waals surface area contributed by atoms with Gasteiger partial charge in [-0.1, -0.05) is 6.92 Å². The third-order valence-corrected chi connectivity index (χ3v) is 2.52. The van der Waals surface area contributed by atoms with E-state index in [0.717, 1.165) is 26.1 Å². The van der Waals surface area contributed by atoms with E-state index in [2.05, 4.69) is 44.5 Å². The summed E-state index contributed by atoms with van der Waals surface area (Å²) in [6.07, 6.45) is 1.03. The topological polar surface area (TPSA) is 50.8 Å². The van der Waals surface area contributed by atoms with Crippen LogP contribution in [-0.2, 0) is 4.74 Å². The van der Waals surface area contributed by atoms with E-state index in [-0.39, 0.29) is 11.2 Å². The summed E-state index contributed by atoms with van der Waals surface area (Å²) in [4.78, 5) is 6.49. The fourth-order valence-corrected chi connectivity index (χ4v) is 2.28. The number of aliphatic imine (C=N–C) groups is 1. The molecule has 0 unspecified atom stereocenters. The molecule has 1 aliphatic rings. The minimum absolute atomic E-state index is 0.173. The molecule has 94 valence electrons. The van der Waals surface area contributed by atoms with E-state index in [1.807, 2.05) is 0 Å². The van der Waals surface area contributed by atoms with Crippen molar-refractivity contribution in [3.05, 3.63) is 0 Å². The van der Waals surface area contributed by atoms with E-state index in [1.165, 1.54) is 0 Å². The van der Waals surface area contributed by atoms with Crippen LogP contribution < -0.4 is 5.73 Å². The molecule has 0 aromatic carbocycles. The molecular formula is C12H25N3O. The normalized spacial score (nSPS) is 24.6. The number of hydrogen-bond acceptors (Lipinski definition) is 2. The Hall–Kier alpha value is -0.770. The minimum Gasteiger partial charge on any atom is -0.370 e. The number of ether oxygens (including phenoxy) is 1. The molecule has 0 aromatic heterocycles. The van der Waals surface area contributed by atoms with Gasteiger partial charge in [-0.3, -0.25) is 4.99 Å². The smallest absolute Gasteiger partial charge is 0.191 e. The van der Waals surface area contributed by atoms with Crippen molar-refractivity contribution in [3.8, 4) is 0 Å². The van der Waals surface area contributed by atoms with Crippen LogP contribution >= 0.6 is 0 Å². The van der Waals surface area contributed by atoms with Gasteiger partial charge in [-0.05, 0) is 34.1 Å². The highest BCUT2D eigenvalue weighted by Crippen LogP contribution is 2.27. The van der Waals surface area contributed by atoms with Crippen LogP contribution in [-0.4, -0.2) is 41.7 Å². The molecule has 1 heterocycles. The summed E-state index contributed by atoms with van der Waals surface area (Å²) in [5.74, 6) is 0.645. The van der Waals surface area contributed by atoms with Crippen molar-refractivity contribution < 1.29 is 4.74 Å². The van der Waals surface area contributed by atoms with Crippen LogP contribution in [0.5, 0.6) is 0 Å². The summed E-state index contributed by atoms with van der Waals surface area (Å²) in [6, 6.07) is 0. The maximum Gasteiger partial charge on any atom is 0.191 e. The van der Waals surface area contributed by atoms with Crippen LogP contribution in [0.3, 0.4) is 0 Å². The van der Waals surface area contributed by atoms with E-state index in [4.69, 9.17) is 10.5 Å². The quantitative estimate of drug-likeness (QED) is 0.576. The highest BCUT2D eigenvalue weighted by molar-refractivity contribution is 5.78. The summed E-state index contributed by atoms with van der Waals surface area (Å²) in [7, 11) is 0. The number of nitrogens with zero attached hydrogens (tertiary/aromatic N) is 2. The molecule has 1 aliphatic heterocycles. The predicted molar refractivity (Wildman–Crippen MR) is 67.6 cm³/mol. The maximum atomic E-state index is 6.00. The number of rotatable bonds is 2. The van der Waals surface area contributed by atoms with Crippen LogP contribution in [0.25, 0.3) is 0 Å². The lowest BCUT2D eigenvalue weighted by Crippen LogP contribution is -2.60. The molecule has 0 spiro atoms. The molecule has 1 rings (SSSR count). The predicted octanol–water partition coefficient (Wildman–Crippen LogP) is 1.60. The monoisotopic (exact) mass is 227 g/mol. The zero-order valence-electron chi connectivity index (χ0n) is 11.2. The molecular weight excluding hydrogens is 202 g/mol. The van der Waals surface area contributed by atoms with Gasteiger partial charge in [-0.25, -0.2) is 0 Å². The number of guanidine groups is 1. The number of hydrogen-bond donors (Lipinski definition) is 1. The largest absolute Gasteiger partial charge is 0.370 e. The third-order valence-electron chi connectivity index (χ3n) is 2.52. The number of nitrogens with two attached hydrogens (primary N) is 1. The zero-order chi connectivity index (χ0) is 12.4. The van der Waals surface area contributed by atoms with Crippen molar-refractivity contribution in [2.75, 3.05) is 19.6 Å². The molecule has 0 saturated carbocycles. The van der Waals surface area contributed by atoms with Crippen LogP contribution in [0.1, 0.15) is 41.0 Å². The summed E-state index contributed by atoms with van der Waals surface area (Å²) in [6.45, 7) is 12.9. The fraction of sp³-hybridized carbons (Fsp3) is 0.917. The summed E-state index contributed by atoms with van der Waals surface area (Å²) < 4.78 is 5.99. The van der Waals surface area contributed by atoms with Crippen LogP contribution in [0.2, 0.25) is 0 Å². The van der Waals surface area contributed by atoms with Gasteiger partial charge in [0, 0.05) is 19.6 Å². The van der Waals surface area contributed by atoms with E-state index in [9.17, 15) is 0 Å². The third kappa shape index (κ3) is 3.67. The Morgan fingerprint density at radius 2 is 1.75 bits per heavy atom. The van der Waals surface area contributed by atoms with E-state index in [1.54, 1.807) is 0 Å². The second-order valence-electron chi connectivity index (χ2n) is 5.72. The molecule has 1 fully saturated rings. The maximum absolute atomic E-state index is 6.00. The standard InChI is InChI=1S/C12H25N3O/c1-6-7-14-10(13)15-8-11(2,3)16-12(4,5)9-15/h6-9H2,1-5H3,(H2,13,14). The first-order chi connectivity index (χ1) is 7.26. The average Bonchev–Trinajstić information content (AvgIpc) is 2.09. The lowest BCUT2D eigenvalue weighted by Gasteiger charge is -2.47. The summed E-state index contributed by atoms with van der Waals surface area (Å²) in [5.41, 5.74) is 5.65. The molecule has 0 aliphatic carbocycles. The molecule has 0 atom stereocenters. The van der Waals surface area contributed by atoms with E-state index < -0.39 is 0 Å².